The van der Waals surface area contributed by atoms with Crippen molar-refractivity contribution in [1.29, 1.82) is 0 Å². The van der Waals surface area contributed by atoms with E-state index in [2.05, 4.69) is 15.3 Å². The number of imidazole rings is 1. The lowest BCUT2D eigenvalue weighted by molar-refractivity contribution is -0.128. The van der Waals surface area contributed by atoms with E-state index < -0.39 is 58.3 Å². The van der Waals surface area contributed by atoms with Crippen molar-refractivity contribution in [2.45, 2.75) is 52.2 Å². The van der Waals surface area contributed by atoms with Gasteiger partial charge < -0.3 is 4.74 Å². The van der Waals surface area contributed by atoms with Crippen molar-refractivity contribution in [3.05, 3.63) is 58.1 Å². The minimum Gasteiger partial charge on any atom is -0.444 e. The predicted molar refractivity (Wildman–Crippen MR) is 132 cm³/mol. The zero-order valence-electron chi connectivity index (χ0n) is 21.0. The topological polar surface area (TPSA) is 88.8 Å². The third-order valence-corrected chi connectivity index (χ3v) is 6.08. The number of aryl methyl sites for hydroxylation is 1. The third-order valence-electron chi connectivity index (χ3n) is 5.84. The van der Waals surface area contributed by atoms with Gasteiger partial charge in [-0.2, -0.15) is 0 Å². The number of alkyl carbamates (subject to hydrolysis) is 1. The fraction of sp³-hybridized carbons (Fsp3) is 0.360. The average Bonchev–Trinajstić information content (AvgIpc) is 3.05. The van der Waals surface area contributed by atoms with E-state index in [0.29, 0.717) is 22.1 Å². The zero-order valence-corrected chi connectivity index (χ0v) is 21.8. The summed E-state index contributed by atoms with van der Waals surface area (Å²) in [6.45, 7) is 7.81. The van der Waals surface area contributed by atoms with Crippen LogP contribution < -0.4 is 5.32 Å². The molecular formula is C25H25ClF3N5O3. The third kappa shape index (κ3) is 4.87. The number of fused-ring (bicyclic) bond motifs is 1. The Morgan fingerprint density at radius 1 is 1.19 bits per heavy atom. The number of benzene rings is 2. The van der Waals surface area contributed by atoms with E-state index in [4.69, 9.17) is 16.3 Å². The van der Waals surface area contributed by atoms with Crippen LogP contribution in [-0.4, -0.2) is 45.1 Å². The number of amides is 2. The average molecular weight is 536 g/mol. The van der Waals surface area contributed by atoms with Crippen molar-refractivity contribution in [3.63, 3.8) is 0 Å². The molecule has 1 aliphatic heterocycles. The van der Waals surface area contributed by atoms with Crippen LogP contribution in [0.25, 0.3) is 16.7 Å². The minimum atomic E-state index is -1.83. The first-order valence-corrected chi connectivity index (χ1v) is 11.7. The van der Waals surface area contributed by atoms with Gasteiger partial charge in [0.05, 0.1) is 23.0 Å². The molecule has 2 amide bonds. The Hall–Kier alpha value is -3.60. The molecule has 0 bridgehead atoms. The van der Waals surface area contributed by atoms with E-state index in [1.165, 1.54) is 31.5 Å². The number of guanidine groups is 1. The Morgan fingerprint density at radius 3 is 2.51 bits per heavy atom. The number of aliphatic imine (C=N–C) groups is 1. The second-order valence-electron chi connectivity index (χ2n) is 9.97. The summed E-state index contributed by atoms with van der Waals surface area (Å²) in [4.78, 5) is 34.8. The summed E-state index contributed by atoms with van der Waals surface area (Å²) in [6, 6.07) is 5.20. The Labute approximate surface area is 216 Å². The fourth-order valence-corrected chi connectivity index (χ4v) is 4.43. The van der Waals surface area contributed by atoms with Gasteiger partial charge in [0, 0.05) is 18.1 Å². The molecule has 0 saturated carbocycles. The molecule has 0 saturated heterocycles. The smallest absolute Gasteiger partial charge is 0.414 e. The fourth-order valence-electron chi connectivity index (χ4n) is 4.26. The van der Waals surface area contributed by atoms with Crippen molar-refractivity contribution in [1.82, 2.24) is 19.8 Å². The van der Waals surface area contributed by atoms with Gasteiger partial charge >= 0.3 is 6.09 Å². The summed E-state index contributed by atoms with van der Waals surface area (Å²) >= 11 is 6.10. The molecule has 12 heteroatoms. The van der Waals surface area contributed by atoms with E-state index in [1.54, 1.807) is 32.9 Å². The van der Waals surface area contributed by atoms with Crippen LogP contribution in [0.4, 0.5) is 18.0 Å². The molecule has 2 heterocycles. The summed E-state index contributed by atoms with van der Waals surface area (Å²) in [6.07, 6.45) is -1.36. The molecule has 37 heavy (non-hydrogen) atoms. The maximum atomic E-state index is 16.2. The second kappa shape index (κ2) is 9.05. The molecule has 1 aliphatic rings. The molecule has 2 aromatic carbocycles. The maximum absolute atomic E-state index is 16.2. The van der Waals surface area contributed by atoms with Gasteiger partial charge in [-0.25, -0.2) is 27.9 Å². The van der Waals surface area contributed by atoms with Gasteiger partial charge in [0.2, 0.25) is 11.9 Å². The largest absolute Gasteiger partial charge is 0.444 e. The molecule has 8 nitrogen and oxygen atoms in total. The van der Waals surface area contributed by atoms with Crippen LogP contribution in [0, 0.1) is 24.4 Å². The van der Waals surface area contributed by atoms with E-state index in [0.717, 1.165) is 4.90 Å². The van der Waals surface area contributed by atoms with Gasteiger partial charge in [-0.15, -0.1) is 0 Å². The Balaban J connectivity index is 1.90. The molecule has 0 unspecified atom stereocenters. The molecule has 1 atom stereocenters. The number of nitrogens with one attached hydrogen (secondary N) is 1. The second-order valence-corrected chi connectivity index (χ2v) is 10.4. The standard InChI is InChI=1S/C25H25ClF3N5O3/c1-12-30-16-8-7-13(26)9-17(16)34(12)21-15(28)10-14(27)19(20(21)29)25(5)11-18(35)33(6)22(32-25)31-23(36)37-24(2,3)4/h7-10H,11H2,1-6H3,(H,31,32,36)/t25-/m0/s1. The number of rotatable bonds is 2. The number of halogens is 4. The molecule has 0 fully saturated rings. The summed E-state index contributed by atoms with van der Waals surface area (Å²) in [5.41, 5.74) is -3.18. The SMILES string of the molecule is Cc1nc2ccc(Cl)cc2n1-c1c(F)cc(F)c([C@]2(C)CC(=O)N(C)C(NC(=O)OC(C)(C)C)=N2)c1F. The monoisotopic (exact) mass is 535 g/mol. The van der Waals surface area contributed by atoms with Crippen LogP contribution >= 0.6 is 11.6 Å². The van der Waals surface area contributed by atoms with Gasteiger partial charge in [0.15, 0.2) is 11.6 Å². The quantitative estimate of drug-likeness (QED) is 0.478. The van der Waals surface area contributed by atoms with E-state index in [9.17, 15) is 9.59 Å². The van der Waals surface area contributed by atoms with Crippen molar-refractivity contribution in [3.8, 4) is 5.69 Å². The van der Waals surface area contributed by atoms with Crippen LogP contribution in [0.1, 0.15) is 45.5 Å². The number of aromatic nitrogens is 2. The number of carbonyl (C=O) groups is 2. The summed E-state index contributed by atoms with van der Waals surface area (Å²) < 4.78 is 53.0. The predicted octanol–water partition coefficient (Wildman–Crippen LogP) is 5.36. The lowest BCUT2D eigenvalue weighted by Gasteiger charge is -2.35. The molecule has 1 N–H and O–H groups in total. The summed E-state index contributed by atoms with van der Waals surface area (Å²) in [5.74, 6) is -4.30. The highest BCUT2D eigenvalue weighted by Crippen LogP contribution is 2.40. The molecule has 0 aliphatic carbocycles. The van der Waals surface area contributed by atoms with Crippen molar-refractivity contribution in [2.24, 2.45) is 4.99 Å². The minimum absolute atomic E-state index is 0.230. The molecule has 1 aromatic heterocycles. The number of hydrogen-bond donors (Lipinski definition) is 1. The highest BCUT2D eigenvalue weighted by molar-refractivity contribution is 6.31. The normalized spacial score (nSPS) is 18.3. The zero-order chi connectivity index (χ0) is 27.4. The molecule has 3 aromatic rings. The first-order valence-electron chi connectivity index (χ1n) is 11.3. The van der Waals surface area contributed by atoms with E-state index in [1.807, 2.05) is 0 Å². The number of hydrogen-bond acceptors (Lipinski definition) is 5. The summed E-state index contributed by atoms with van der Waals surface area (Å²) in [5, 5.41) is 2.67. The summed E-state index contributed by atoms with van der Waals surface area (Å²) in [7, 11) is 1.35. The number of nitrogens with zero attached hydrogens (tertiary/aromatic N) is 4. The van der Waals surface area contributed by atoms with Crippen LogP contribution in [0.3, 0.4) is 0 Å². The highest BCUT2D eigenvalue weighted by atomic mass is 35.5. The van der Waals surface area contributed by atoms with Gasteiger partial charge in [0.25, 0.3) is 0 Å². The van der Waals surface area contributed by atoms with Gasteiger partial charge in [-0.1, -0.05) is 11.6 Å². The Kier molecular flexibility index (Phi) is 6.48. The lowest BCUT2D eigenvalue weighted by atomic mass is 9.86. The van der Waals surface area contributed by atoms with Gasteiger partial charge in [0.1, 0.15) is 28.5 Å². The number of carbonyl (C=O) groups excluding carboxylic acids is 2. The molecule has 4 rings (SSSR count). The molecule has 196 valence electrons. The number of ether oxygens (including phenoxy) is 1. The van der Waals surface area contributed by atoms with Gasteiger partial charge in [-0.05, 0) is 52.8 Å². The molecule has 0 spiro atoms. The molecule has 0 radical (unpaired) electrons. The molecular weight excluding hydrogens is 511 g/mol. The van der Waals surface area contributed by atoms with Crippen molar-refractivity contribution in [2.75, 3.05) is 7.05 Å². The first kappa shape index (κ1) is 26.5. The van der Waals surface area contributed by atoms with Crippen LogP contribution in [0.5, 0.6) is 0 Å². The lowest BCUT2D eigenvalue weighted by Crippen LogP contribution is -2.52. The van der Waals surface area contributed by atoms with Crippen LogP contribution in [0.15, 0.2) is 29.3 Å². The van der Waals surface area contributed by atoms with Gasteiger partial charge in [-0.3, -0.25) is 19.6 Å². The Bertz CT molecular complexity index is 1480. The Morgan fingerprint density at radius 2 is 1.86 bits per heavy atom. The highest BCUT2D eigenvalue weighted by Gasteiger charge is 2.43. The van der Waals surface area contributed by atoms with E-state index >= 15 is 13.2 Å². The first-order chi connectivity index (χ1) is 17.1. The van der Waals surface area contributed by atoms with Crippen molar-refractivity contribution < 1.29 is 27.5 Å². The maximum Gasteiger partial charge on any atom is 0.414 e. The van der Waals surface area contributed by atoms with E-state index in [-0.39, 0.29) is 11.8 Å². The van der Waals surface area contributed by atoms with Crippen molar-refractivity contribution >= 4 is 40.6 Å². The van der Waals surface area contributed by atoms with Crippen LogP contribution in [-0.2, 0) is 15.1 Å². The van der Waals surface area contributed by atoms with Crippen LogP contribution in [0.2, 0.25) is 5.02 Å².